The van der Waals surface area contributed by atoms with E-state index in [2.05, 4.69) is 5.32 Å². The highest BCUT2D eigenvalue weighted by atomic mass is 19.4. The Labute approximate surface area is 110 Å². The maximum Gasteiger partial charge on any atom is 0.417 e. The lowest BCUT2D eigenvalue weighted by molar-refractivity contribution is -0.137. The number of nitrogens with one attached hydrogen (secondary N) is 1. The molecule has 1 saturated carbocycles. The van der Waals surface area contributed by atoms with Gasteiger partial charge >= 0.3 is 6.18 Å². The van der Waals surface area contributed by atoms with Crippen LogP contribution in [0.3, 0.4) is 0 Å². The van der Waals surface area contributed by atoms with Gasteiger partial charge in [0.15, 0.2) is 0 Å². The van der Waals surface area contributed by atoms with E-state index in [-0.39, 0.29) is 11.6 Å². The van der Waals surface area contributed by atoms with E-state index >= 15 is 0 Å². The molecular formula is C14H15F3N2. The number of nitriles is 1. The summed E-state index contributed by atoms with van der Waals surface area (Å²) in [4.78, 5) is 0. The van der Waals surface area contributed by atoms with Crippen LogP contribution in [0.25, 0.3) is 0 Å². The van der Waals surface area contributed by atoms with E-state index in [0.717, 1.165) is 18.4 Å². The molecule has 1 aliphatic rings. The minimum atomic E-state index is -4.48. The molecule has 0 aromatic heterocycles. The van der Waals surface area contributed by atoms with Crippen molar-refractivity contribution >= 4 is 5.69 Å². The van der Waals surface area contributed by atoms with Crippen molar-refractivity contribution in [3.63, 3.8) is 0 Å². The molecule has 5 heteroatoms. The van der Waals surface area contributed by atoms with E-state index in [9.17, 15) is 13.2 Å². The lowest BCUT2D eigenvalue weighted by Gasteiger charge is -2.16. The molecule has 19 heavy (non-hydrogen) atoms. The van der Waals surface area contributed by atoms with Gasteiger partial charge in [-0.1, -0.05) is 12.8 Å². The van der Waals surface area contributed by atoms with Crippen molar-refractivity contribution in [1.82, 2.24) is 0 Å². The maximum atomic E-state index is 12.6. The Balaban J connectivity index is 2.12. The predicted molar refractivity (Wildman–Crippen MR) is 66.6 cm³/mol. The van der Waals surface area contributed by atoms with E-state index in [1.54, 1.807) is 6.07 Å². The third-order valence-corrected chi connectivity index (χ3v) is 3.24. The monoisotopic (exact) mass is 268 g/mol. The number of alkyl halides is 3. The van der Waals surface area contributed by atoms with Gasteiger partial charge in [0.1, 0.15) is 0 Å². The number of hydrogen-bond donors (Lipinski definition) is 1. The van der Waals surface area contributed by atoms with Gasteiger partial charge in [-0.3, -0.25) is 0 Å². The van der Waals surface area contributed by atoms with Gasteiger partial charge < -0.3 is 5.32 Å². The molecule has 1 fully saturated rings. The fourth-order valence-electron chi connectivity index (χ4n) is 2.17. The molecule has 102 valence electrons. The van der Waals surface area contributed by atoms with Gasteiger partial charge in [-0.2, -0.15) is 18.4 Å². The second kappa shape index (κ2) is 5.12. The van der Waals surface area contributed by atoms with Crippen LogP contribution in [0.4, 0.5) is 18.9 Å². The van der Waals surface area contributed by atoms with Crippen molar-refractivity contribution in [1.29, 1.82) is 5.26 Å². The molecule has 0 spiro atoms. The van der Waals surface area contributed by atoms with Crippen LogP contribution in [-0.4, -0.2) is 6.04 Å². The first-order chi connectivity index (χ1) is 8.90. The van der Waals surface area contributed by atoms with E-state index in [1.165, 1.54) is 25.0 Å². The lowest BCUT2D eigenvalue weighted by Crippen LogP contribution is -2.16. The summed E-state index contributed by atoms with van der Waals surface area (Å²) in [6.07, 6.45) is -0.989. The highest BCUT2D eigenvalue weighted by Crippen LogP contribution is 2.35. The summed E-state index contributed by atoms with van der Waals surface area (Å²) >= 11 is 0. The fraction of sp³-hybridized carbons (Fsp3) is 0.500. The summed E-state index contributed by atoms with van der Waals surface area (Å²) < 4.78 is 37.9. The van der Waals surface area contributed by atoms with Crippen molar-refractivity contribution in [3.05, 3.63) is 29.3 Å². The van der Waals surface area contributed by atoms with E-state index in [1.807, 2.05) is 6.92 Å². The average Bonchev–Trinajstić information content (AvgIpc) is 3.11. The molecule has 0 aliphatic heterocycles. The molecule has 1 aromatic rings. The molecule has 1 atom stereocenters. The smallest absolute Gasteiger partial charge is 0.383 e. The molecule has 1 N–H and O–H groups in total. The zero-order valence-electron chi connectivity index (χ0n) is 10.6. The Morgan fingerprint density at radius 2 is 2.11 bits per heavy atom. The highest BCUT2D eigenvalue weighted by molar-refractivity contribution is 5.54. The number of rotatable bonds is 4. The Morgan fingerprint density at radius 1 is 1.42 bits per heavy atom. The van der Waals surface area contributed by atoms with Gasteiger partial charge in [0.2, 0.25) is 0 Å². The zero-order chi connectivity index (χ0) is 14.0. The molecule has 0 heterocycles. The third-order valence-electron chi connectivity index (χ3n) is 3.24. The minimum absolute atomic E-state index is 0.204. The maximum absolute atomic E-state index is 12.6. The second-order valence-corrected chi connectivity index (χ2v) is 5.09. The van der Waals surface area contributed by atoms with Crippen molar-refractivity contribution in [3.8, 4) is 6.07 Å². The first-order valence-corrected chi connectivity index (χ1v) is 6.28. The Morgan fingerprint density at radius 3 is 2.63 bits per heavy atom. The zero-order valence-corrected chi connectivity index (χ0v) is 10.6. The fourth-order valence-corrected chi connectivity index (χ4v) is 2.17. The normalized spacial score (nSPS) is 16.8. The lowest BCUT2D eigenvalue weighted by atomic mass is 10.1. The number of anilines is 1. The predicted octanol–water partition coefficient (Wildman–Crippen LogP) is 4.18. The topological polar surface area (TPSA) is 35.8 Å². The van der Waals surface area contributed by atoms with Crippen molar-refractivity contribution in [2.24, 2.45) is 5.92 Å². The van der Waals surface area contributed by atoms with Crippen LogP contribution in [0, 0.1) is 17.2 Å². The van der Waals surface area contributed by atoms with E-state index in [4.69, 9.17) is 5.26 Å². The van der Waals surface area contributed by atoms with Gasteiger partial charge in [0, 0.05) is 11.7 Å². The molecular weight excluding hydrogens is 253 g/mol. The molecule has 0 bridgehead atoms. The van der Waals surface area contributed by atoms with Crippen LogP contribution in [0.1, 0.15) is 37.3 Å². The molecule has 0 radical (unpaired) electrons. The Hall–Kier alpha value is -1.70. The first-order valence-electron chi connectivity index (χ1n) is 6.28. The largest absolute Gasteiger partial charge is 0.417 e. The molecule has 1 aliphatic carbocycles. The summed E-state index contributed by atoms with van der Waals surface area (Å²) in [5.41, 5.74) is -0.649. The summed E-state index contributed by atoms with van der Waals surface area (Å²) in [7, 11) is 0. The molecule has 0 amide bonds. The van der Waals surface area contributed by atoms with E-state index < -0.39 is 11.7 Å². The molecule has 1 unspecified atom stereocenters. The SMILES string of the molecule is CC(CC1CC1)Nc1ccc(C(F)(F)F)c(C#N)c1. The van der Waals surface area contributed by atoms with Crippen LogP contribution >= 0.6 is 0 Å². The number of nitrogens with zero attached hydrogens (tertiary/aromatic N) is 1. The van der Waals surface area contributed by atoms with Crippen molar-refractivity contribution in [2.75, 3.05) is 5.32 Å². The number of halogens is 3. The van der Waals surface area contributed by atoms with Crippen LogP contribution in [-0.2, 0) is 6.18 Å². The molecule has 2 nitrogen and oxygen atoms in total. The van der Waals surface area contributed by atoms with Crippen molar-refractivity contribution < 1.29 is 13.2 Å². The highest BCUT2D eigenvalue weighted by Gasteiger charge is 2.33. The van der Waals surface area contributed by atoms with Crippen LogP contribution < -0.4 is 5.32 Å². The number of benzene rings is 1. The van der Waals surface area contributed by atoms with E-state index in [0.29, 0.717) is 5.69 Å². The van der Waals surface area contributed by atoms with Crippen LogP contribution in [0.2, 0.25) is 0 Å². The van der Waals surface area contributed by atoms with Gasteiger partial charge in [0.25, 0.3) is 0 Å². The van der Waals surface area contributed by atoms with Gasteiger partial charge in [-0.15, -0.1) is 0 Å². The van der Waals surface area contributed by atoms with Crippen molar-refractivity contribution in [2.45, 2.75) is 38.4 Å². The van der Waals surface area contributed by atoms with Gasteiger partial charge in [0.05, 0.1) is 17.2 Å². The second-order valence-electron chi connectivity index (χ2n) is 5.09. The summed E-state index contributed by atoms with van der Waals surface area (Å²) in [6.45, 7) is 2.00. The van der Waals surface area contributed by atoms with Crippen LogP contribution in [0.5, 0.6) is 0 Å². The van der Waals surface area contributed by atoms with Gasteiger partial charge in [-0.05, 0) is 37.5 Å². The average molecular weight is 268 g/mol. The summed E-state index contributed by atoms with van der Waals surface area (Å²) in [6, 6.07) is 5.43. The summed E-state index contributed by atoms with van der Waals surface area (Å²) in [5, 5.41) is 12.0. The Kier molecular flexibility index (Phi) is 3.70. The quantitative estimate of drug-likeness (QED) is 0.889. The standard InChI is InChI=1S/C14H15F3N2/c1-9(6-10-2-3-10)19-12-4-5-13(14(15,16)17)11(7-12)8-18/h4-5,7,9-10,19H,2-3,6H2,1H3. The van der Waals surface area contributed by atoms with Gasteiger partial charge in [-0.25, -0.2) is 0 Å². The van der Waals surface area contributed by atoms with Crippen LogP contribution in [0.15, 0.2) is 18.2 Å². The number of hydrogen-bond acceptors (Lipinski definition) is 2. The molecule has 1 aromatic carbocycles. The minimum Gasteiger partial charge on any atom is -0.383 e. The Bertz CT molecular complexity index is 498. The summed E-state index contributed by atoms with van der Waals surface area (Å²) in [5.74, 6) is 0.743. The molecule has 2 rings (SSSR count). The third kappa shape index (κ3) is 3.63. The first kappa shape index (κ1) is 13.7. The molecule has 0 saturated heterocycles.